The molecule has 0 unspecified atom stereocenters. The van der Waals surface area contributed by atoms with E-state index in [9.17, 15) is 4.79 Å². The zero-order chi connectivity index (χ0) is 16.4. The number of nitrogens with zero attached hydrogens (tertiary/aromatic N) is 1. The number of carbonyl (C=O) groups is 1. The van der Waals surface area contributed by atoms with Crippen LogP contribution in [0.25, 0.3) is 0 Å². The van der Waals surface area contributed by atoms with Gasteiger partial charge in [-0.05, 0) is 30.9 Å². The fraction of sp³-hybridized carbons (Fsp3) is 0.412. The normalized spacial score (nSPS) is 10.9. The SMILES string of the molecule is CCc1cccc(C)c1N/C=C(/C#N)C(=O)NCCCOC. The molecule has 0 spiro atoms. The van der Waals surface area contributed by atoms with E-state index in [0.29, 0.717) is 19.6 Å². The van der Waals surface area contributed by atoms with Gasteiger partial charge in [0.05, 0.1) is 0 Å². The molecule has 0 aromatic heterocycles. The Hall–Kier alpha value is -2.32. The van der Waals surface area contributed by atoms with Crippen molar-refractivity contribution in [3.05, 3.63) is 41.1 Å². The van der Waals surface area contributed by atoms with Crippen molar-refractivity contribution in [3.63, 3.8) is 0 Å². The lowest BCUT2D eigenvalue weighted by molar-refractivity contribution is -0.117. The molecule has 5 nitrogen and oxygen atoms in total. The first-order valence-electron chi connectivity index (χ1n) is 7.36. The molecule has 118 valence electrons. The minimum atomic E-state index is -0.377. The second-order valence-electron chi connectivity index (χ2n) is 4.88. The molecule has 0 aliphatic heterocycles. The topological polar surface area (TPSA) is 74.2 Å². The van der Waals surface area contributed by atoms with Gasteiger partial charge in [-0.3, -0.25) is 4.79 Å². The summed E-state index contributed by atoms with van der Waals surface area (Å²) in [7, 11) is 1.61. The van der Waals surface area contributed by atoms with Crippen molar-refractivity contribution in [2.45, 2.75) is 26.7 Å². The summed E-state index contributed by atoms with van der Waals surface area (Å²) in [5.41, 5.74) is 3.23. The third-order valence-corrected chi connectivity index (χ3v) is 3.28. The van der Waals surface area contributed by atoms with Crippen LogP contribution in [-0.4, -0.2) is 26.2 Å². The van der Waals surface area contributed by atoms with E-state index in [4.69, 9.17) is 10.00 Å². The average molecular weight is 301 g/mol. The number of hydrogen-bond donors (Lipinski definition) is 2. The molecule has 0 aliphatic rings. The maximum absolute atomic E-state index is 11.9. The maximum Gasteiger partial charge on any atom is 0.263 e. The monoisotopic (exact) mass is 301 g/mol. The number of ether oxygens (including phenoxy) is 1. The Balaban J connectivity index is 2.74. The molecule has 2 N–H and O–H groups in total. The van der Waals surface area contributed by atoms with Gasteiger partial charge in [-0.25, -0.2) is 0 Å². The van der Waals surface area contributed by atoms with Crippen LogP contribution in [0.15, 0.2) is 30.0 Å². The van der Waals surface area contributed by atoms with E-state index in [1.807, 2.05) is 31.2 Å². The van der Waals surface area contributed by atoms with Crippen LogP contribution in [0.4, 0.5) is 5.69 Å². The Bertz CT molecular complexity index is 574. The van der Waals surface area contributed by atoms with Gasteiger partial charge < -0.3 is 15.4 Å². The van der Waals surface area contributed by atoms with Gasteiger partial charge in [0.15, 0.2) is 0 Å². The van der Waals surface area contributed by atoms with Crippen LogP contribution in [-0.2, 0) is 16.0 Å². The van der Waals surface area contributed by atoms with Crippen molar-refractivity contribution in [2.75, 3.05) is 25.6 Å². The Kier molecular flexibility index (Phi) is 7.73. The van der Waals surface area contributed by atoms with Crippen molar-refractivity contribution >= 4 is 11.6 Å². The van der Waals surface area contributed by atoms with E-state index < -0.39 is 0 Å². The van der Waals surface area contributed by atoms with Gasteiger partial charge in [0.1, 0.15) is 11.6 Å². The third-order valence-electron chi connectivity index (χ3n) is 3.28. The molecular weight excluding hydrogens is 278 g/mol. The molecule has 0 saturated heterocycles. The lowest BCUT2D eigenvalue weighted by atomic mass is 10.1. The number of nitrogens with one attached hydrogen (secondary N) is 2. The number of aryl methyl sites for hydroxylation is 2. The summed E-state index contributed by atoms with van der Waals surface area (Å²) >= 11 is 0. The number of rotatable bonds is 8. The molecular formula is C17H23N3O2. The highest BCUT2D eigenvalue weighted by Gasteiger charge is 2.09. The van der Waals surface area contributed by atoms with Crippen LogP contribution in [0.3, 0.4) is 0 Å². The van der Waals surface area contributed by atoms with E-state index in [-0.39, 0.29) is 11.5 Å². The summed E-state index contributed by atoms with van der Waals surface area (Å²) < 4.78 is 4.91. The zero-order valence-electron chi connectivity index (χ0n) is 13.4. The zero-order valence-corrected chi connectivity index (χ0v) is 13.4. The Morgan fingerprint density at radius 3 is 2.86 bits per heavy atom. The number of nitriles is 1. The highest BCUT2D eigenvalue weighted by Crippen LogP contribution is 2.21. The van der Waals surface area contributed by atoms with Gasteiger partial charge in [-0.1, -0.05) is 25.1 Å². The summed E-state index contributed by atoms with van der Waals surface area (Å²) in [6.45, 7) is 5.12. The van der Waals surface area contributed by atoms with Crippen LogP contribution >= 0.6 is 0 Å². The Morgan fingerprint density at radius 2 is 2.23 bits per heavy atom. The van der Waals surface area contributed by atoms with E-state index >= 15 is 0 Å². The Morgan fingerprint density at radius 1 is 1.45 bits per heavy atom. The first-order chi connectivity index (χ1) is 10.6. The molecule has 1 aromatic carbocycles. The smallest absolute Gasteiger partial charge is 0.263 e. The predicted octanol–water partition coefficient (Wildman–Crippen LogP) is 2.53. The third kappa shape index (κ3) is 5.23. The summed E-state index contributed by atoms with van der Waals surface area (Å²) in [6.07, 6.45) is 3.06. The van der Waals surface area contributed by atoms with E-state index in [2.05, 4.69) is 17.6 Å². The molecule has 0 bridgehead atoms. The van der Waals surface area contributed by atoms with Crippen LogP contribution < -0.4 is 10.6 Å². The number of amides is 1. The van der Waals surface area contributed by atoms with Gasteiger partial charge >= 0.3 is 0 Å². The van der Waals surface area contributed by atoms with Gasteiger partial charge in [0, 0.05) is 32.1 Å². The first-order valence-corrected chi connectivity index (χ1v) is 7.36. The van der Waals surface area contributed by atoms with Crippen molar-refractivity contribution in [3.8, 4) is 6.07 Å². The van der Waals surface area contributed by atoms with Crippen molar-refractivity contribution < 1.29 is 9.53 Å². The quantitative estimate of drug-likeness (QED) is 0.439. The number of benzene rings is 1. The van der Waals surface area contributed by atoms with Gasteiger partial charge in [0.25, 0.3) is 5.91 Å². The number of methoxy groups -OCH3 is 1. The minimum absolute atomic E-state index is 0.0581. The molecule has 22 heavy (non-hydrogen) atoms. The summed E-state index contributed by atoms with van der Waals surface area (Å²) in [5, 5.41) is 14.9. The Labute approximate surface area is 132 Å². The van der Waals surface area contributed by atoms with Crippen molar-refractivity contribution in [1.82, 2.24) is 5.32 Å². The molecule has 0 saturated carbocycles. The number of para-hydroxylation sites is 1. The number of anilines is 1. The van der Waals surface area contributed by atoms with Gasteiger partial charge in [-0.2, -0.15) is 5.26 Å². The van der Waals surface area contributed by atoms with Crippen LogP contribution in [0.2, 0.25) is 0 Å². The number of carbonyl (C=O) groups excluding carboxylic acids is 1. The van der Waals surface area contributed by atoms with Crippen LogP contribution in [0, 0.1) is 18.3 Å². The predicted molar refractivity (Wildman–Crippen MR) is 87.4 cm³/mol. The molecule has 1 amide bonds. The highest BCUT2D eigenvalue weighted by molar-refractivity contribution is 5.97. The van der Waals surface area contributed by atoms with E-state index in [1.54, 1.807) is 7.11 Å². The van der Waals surface area contributed by atoms with Crippen molar-refractivity contribution in [2.24, 2.45) is 0 Å². The van der Waals surface area contributed by atoms with E-state index in [1.165, 1.54) is 6.20 Å². The molecule has 5 heteroatoms. The van der Waals surface area contributed by atoms with Crippen LogP contribution in [0.5, 0.6) is 0 Å². The summed E-state index contributed by atoms with van der Waals surface area (Å²) in [5.74, 6) is -0.377. The molecule has 0 radical (unpaired) electrons. The molecule has 0 atom stereocenters. The lowest BCUT2D eigenvalue weighted by Crippen LogP contribution is -2.26. The lowest BCUT2D eigenvalue weighted by Gasteiger charge is -2.11. The summed E-state index contributed by atoms with van der Waals surface area (Å²) in [6, 6.07) is 7.94. The maximum atomic E-state index is 11.9. The first kappa shape index (κ1) is 17.7. The largest absolute Gasteiger partial charge is 0.385 e. The summed E-state index contributed by atoms with van der Waals surface area (Å²) in [4.78, 5) is 11.9. The van der Waals surface area contributed by atoms with Gasteiger partial charge in [0.2, 0.25) is 0 Å². The molecule has 0 heterocycles. The molecule has 0 fully saturated rings. The second-order valence-corrected chi connectivity index (χ2v) is 4.88. The number of hydrogen-bond acceptors (Lipinski definition) is 4. The second kappa shape index (κ2) is 9.59. The molecule has 0 aliphatic carbocycles. The standard InChI is InChI=1S/C17H23N3O2/c1-4-14-8-5-7-13(2)16(14)20-12-15(11-18)17(21)19-9-6-10-22-3/h5,7-8,12,20H,4,6,9-10H2,1-3H3,(H,19,21)/b15-12-. The fourth-order valence-corrected chi connectivity index (χ4v) is 2.04. The average Bonchev–Trinajstić information content (AvgIpc) is 2.53. The molecule has 1 rings (SSSR count). The minimum Gasteiger partial charge on any atom is -0.385 e. The van der Waals surface area contributed by atoms with Crippen LogP contribution in [0.1, 0.15) is 24.5 Å². The van der Waals surface area contributed by atoms with Crippen molar-refractivity contribution in [1.29, 1.82) is 5.26 Å². The molecule has 1 aromatic rings. The van der Waals surface area contributed by atoms with Gasteiger partial charge in [-0.15, -0.1) is 0 Å². The fourth-order valence-electron chi connectivity index (χ4n) is 2.04. The highest BCUT2D eigenvalue weighted by atomic mass is 16.5. The van der Waals surface area contributed by atoms with E-state index in [0.717, 1.165) is 23.2 Å².